The second-order valence-corrected chi connectivity index (χ2v) is 4.58. The van der Waals surface area contributed by atoms with Crippen molar-refractivity contribution in [3.8, 4) is 0 Å². The lowest BCUT2D eigenvalue weighted by Crippen LogP contribution is -2.31. The predicted molar refractivity (Wildman–Crippen MR) is 73.5 cm³/mol. The quantitative estimate of drug-likeness (QED) is 0.700. The Kier molecular flexibility index (Phi) is 6.90. The first-order valence-electron chi connectivity index (χ1n) is 6.54. The van der Waals surface area contributed by atoms with Gasteiger partial charge in [0.25, 0.3) is 0 Å². The maximum Gasteiger partial charge on any atom is 0.0462 e. The van der Waals surface area contributed by atoms with Gasteiger partial charge in [-0.15, -0.1) is 0 Å². The van der Waals surface area contributed by atoms with Gasteiger partial charge in [0.15, 0.2) is 0 Å². The molecule has 0 aliphatic rings. The van der Waals surface area contributed by atoms with Crippen LogP contribution in [0.5, 0.6) is 0 Å². The normalized spacial score (nSPS) is 12.6. The molecule has 0 heterocycles. The molecule has 17 heavy (non-hydrogen) atoms. The lowest BCUT2D eigenvalue weighted by molar-refractivity contribution is 0.188. The third-order valence-electron chi connectivity index (χ3n) is 2.96. The van der Waals surface area contributed by atoms with Crippen molar-refractivity contribution in [2.75, 3.05) is 20.3 Å². The van der Waals surface area contributed by atoms with Gasteiger partial charge in [0.2, 0.25) is 0 Å². The topological polar surface area (TPSA) is 21.3 Å². The minimum Gasteiger partial charge on any atom is -0.385 e. The molecule has 0 fully saturated rings. The highest BCUT2D eigenvalue weighted by molar-refractivity contribution is 5.22. The standard InChI is InChI=1S/C15H25NO/c1-4-16-15(9-6-10-17-3)12-14-8-5-7-13(2)11-14/h5,7-8,11,15-16H,4,6,9-10,12H2,1-3H3. The van der Waals surface area contributed by atoms with E-state index < -0.39 is 0 Å². The Labute approximate surface area is 105 Å². The molecule has 0 aliphatic heterocycles. The maximum absolute atomic E-state index is 5.11. The van der Waals surface area contributed by atoms with Crippen molar-refractivity contribution in [1.29, 1.82) is 0 Å². The zero-order chi connectivity index (χ0) is 12.5. The number of hydrogen-bond acceptors (Lipinski definition) is 2. The van der Waals surface area contributed by atoms with Gasteiger partial charge in [-0.1, -0.05) is 36.8 Å². The Hall–Kier alpha value is -0.860. The maximum atomic E-state index is 5.11. The van der Waals surface area contributed by atoms with Crippen LogP contribution in [-0.2, 0) is 11.2 Å². The van der Waals surface area contributed by atoms with Crippen molar-refractivity contribution in [3.05, 3.63) is 35.4 Å². The lowest BCUT2D eigenvalue weighted by Gasteiger charge is -2.18. The van der Waals surface area contributed by atoms with Crippen LogP contribution in [0.2, 0.25) is 0 Å². The molecule has 0 saturated heterocycles. The molecule has 0 amide bonds. The van der Waals surface area contributed by atoms with Crippen molar-refractivity contribution in [2.24, 2.45) is 0 Å². The molecule has 1 unspecified atom stereocenters. The summed E-state index contributed by atoms with van der Waals surface area (Å²) in [6, 6.07) is 9.35. The van der Waals surface area contributed by atoms with Crippen molar-refractivity contribution in [2.45, 2.75) is 39.2 Å². The number of ether oxygens (including phenoxy) is 1. The Bertz CT molecular complexity index is 312. The third kappa shape index (κ3) is 5.85. The summed E-state index contributed by atoms with van der Waals surface area (Å²) in [4.78, 5) is 0. The fourth-order valence-corrected chi connectivity index (χ4v) is 2.16. The summed E-state index contributed by atoms with van der Waals surface area (Å²) < 4.78 is 5.11. The highest BCUT2D eigenvalue weighted by Gasteiger charge is 2.08. The van der Waals surface area contributed by atoms with Crippen molar-refractivity contribution in [3.63, 3.8) is 0 Å². The predicted octanol–water partition coefficient (Wildman–Crippen LogP) is 2.94. The van der Waals surface area contributed by atoms with Gasteiger partial charge in [-0.3, -0.25) is 0 Å². The van der Waals surface area contributed by atoms with Crippen LogP contribution in [0.3, 0.4) is 0 Å². The minimum absolute atomic E-state index is 0.567. The van der Waals surface area contributed by atoms with E-state index >= 15 is 0 Å². The Morgan fingerprint density at radius 1 is 1.35 bits per heavy atom. The smallest absolute Gasteiger partial charge is 0.0462 e. The average Bonchev–Trinajstić information content (AvgIpc) is 2.29. The van der Waals surface area contributed by atoms with Gasteiger partial charge in [0, 0.05) is 19.8 Å². The van der Waals surface area contributed by atoms with Crippen LogP contribution in [0.1, 0.15) is 30.9 Å². The number of methoxy groups -OCH3 is 1. The molecule has 1 aromatic rings. The molecular formula is C15H25NO. The minimum atomic E-state index is 0.567. The zero-order valence-electron chi connectivity index (χ0n) is 11.3. The molecule has 2 heteroatoms. The van der Waals surface area contributed by atoms with E-state index in [9.17, 15) is 0 Å². The second-order valence-electron chi connectivity index (χ2n) is 4.58. The van der Waals surface area contributed by atoms with Crippen LogP contribution < -0.4 is 5.32 Å². The number of hydrogen-bond donors (Lipinski definition) is 1. The van der Waals surface area contributed by atoms with E-state index in [1.54, 1.807) is 7.11 Å². The lowest BCUT2D eigenvalue weighted by atomic mass is 10.0. The molecule has 1 N–H and O–H groups in total. The molecule has 1 atom stereocenters. The number of likely N-dealkylation sites (N-methyl/N-ethyl adjacent to an activating group) is 1. The third-order valence-corrected chi connectivity index (χ3v) is 2.96. The van der Waals surface area contributed by atoms with Crippen molar-refractivity contribution in [1.82, 2.24) is 5.32 Å². The summed E-state index contributed by atoms with van der Waals surface area (Å²) in [5, 5.41) is 3.55. The molecule has 2 nitrogen and oxygen atoms in total. The van der Waals surface area contributed by atoms with E-state index in [1.807, 2.05) is 0 Å². The summed E-state index contributed by atoms with van der Waals surface area (Å²) in [5.41, 5.74) is 2.77. The summed E-state index contributed by atoms with van der Waals surface area (Å²) >= 11 is 0. The van der Waals surface area contributed by atoms with Gasteiger partial charge < -0.3 is 10.1 Å². The molecular weight excluding hydrogens is 210 g/mol. The van der Waals surface area contributed by atoms with Crippen LogP contribution in [0.4, 0.5) is 0 Å². The molecule has 96 valence electrons. The molecule has 0 aliphatic carbocycles. The average molecular weight is 235 g/mol. The number of benzene rings is 1. The molecule has 0 radical (unpaired) electrons. The first-order valence-corrected chi connectivity index (χ1v) is 6.54. The summed E-state index contributed by atoms with van der Waals surface area (Å²) in [6.45, 7) is 6.20. The van der Waals surface area contributed by atoms with Crippen molar-refractivity contribution < 1.29 is 4.74 Å². The van der Waals surface area contributed by atoms with E-state index in [1.165, 1.54) is 17.5 Å². The van der Waals surface area contributed by atoms with Gasteiger partial charge in [0.05, 0.1) is 0 Å². The molecule has 0 saturated carbocycles. The fraction of sp³-hybridized carbons (Fsp3) is 0.600. The van der Waals surface area contributed by atoms with Crippen LogP contribution in [0.15, 0.2) is 24.3 Å². The highest BCUT2D eigenvalue weighted by Crippen LogP contribution is 2.10. The SMILES string of the molecule is CCNC(CCCOC)Cc1cccc(C)c1. The zero-order valence-corrected chi connectivity index (χ0v) is 11.3. The van der Waals surface area contributed by atoms with Gasteiger partial charge >= 0.3 is 0 Å². The Balaban J connectivity index is 2.47. The summed E-state index contributed by atoms with van der Waals surface area (Å²) in [6.07, 6.45) is 3.41. The molecule has 1 rings (SSSR count). The van der Waals surface area contributed by atoms with Gasteiger partial charge in [0.1, 0.15) is 0 Å². The Morgan fingerprint density at radius 2 is 2.18 bits per heavy atom. The van der Waals surface area contributed by atoms with Gasteiger partial charge in [-0.05, 0) is 38.3 Å². The van der Waals surface area contributed by atoms with E-state index in [-0.39, 0.29) is 0 Å². The van der Waals surface area contributed by atoms with Crippen molar-refractivity contribution >= 4 is 0 Å². The molecule has 0 aromatic heterocycles. The van der Waals surface area contributed by atoms with Crippen LogP contribution in [0.25, 0.3) is 0 Å². The van der Waals surface area contributed by atoms with E-state index in [4.69, 9.17) is 4.74 Å². The number of rotatable bonds is 8. The van der Waals surface area contributed by atoms with Crippen LogP contribution in [-0.4, -0.2) is 26.3 Å². The fourth-order valence-electron chi connectivity index (χ4n) is 2.16. The monoisotopic (exact) mass is 235 g/mol. The van der Waals surface area contributed by atoms with E-state index in [0.717, 1.165) is 26.0 Å². The number of aryl methyl sites for hydroxylation is 1. The number of nitrogens with one attached hydrogen (secondary N) is 1. The van der Waals surface area contributed by atoms with Gasteiger partial charge in [-0.2, -0.15) is 0 Å². The first kappa shape index (κ1) is 14.2. The summed E-state index contributed by atoms with van der Waals surface area (Å²) in [5.74, 6) is 0. The van der Waals surface area contributed by atoms with Crippen LogP contribution in [0, 0.1) is 6.92 Å². The second kappa shape index (κ2) is 8.26. The molecule has 1 aromatic carbocycles. The van der Waals surface area contributed by atoms with E-state index in [0.29, 0.717) is 6.04 Å². The van der Waals surface area contributed by atoms with E-state index in [2.05, 4.69) is 43.4 Å². The summed E-state index contributed by atoms with van der Waals surface area (Å²) in [7, 11) is 1.77. The largest absolute Gasteiger partial charge is 0.385 e. The first-order chi connectivity index (χ1) is 8.26. The van der Waals surface area contributed by atoms with Gasteiger partial charge in [-0.25, -0.2) is 0 Å². The molecule has 0 bridgehead atoms. The highest BCUT2D eigenvalue weighted by atomic mass is 16.5. The van der Waals surface area contributed by atoms with Crippen LogP contribution >= 0.6 is 0 Å². The molecule has 0 spiro atoms. The Morgan fingerprint density at radius 3 is 2.82 bits per heavy atom.